The molecule has 1 aliphatic rings. The molecule has 0 saturated heterocycles. The lowest BCUT2D eigenvalue weighted by Crippen LogP contribution is -2.32. The lowest BCUT2D eigenvalue weighted by atomic mass is 10.0. The first-order valence-corrected chi connectivity index (χ1v) is 13.9. The number of halogens is 1. The average molecular weight is 561 g/mol. The summed E-state index contributed by atoms with van der Waals surface area (Å²) in [5, 5.41) is 7.85. The van der Waals surface area contributed by atoms with Gasteiger partial charge in [0.2, 0.25) is 21.9 Å². The molecule has 0 radical (unpaired) electrons. The smallest absolute Gasteiger partial charge is 0.239 e. The van der Waals surface area contributed by atoms with Crippen molar-refractivity contribution in [1.29, 1.82) is 0 Å². The third kappa shape index (κ3) is 5.63. The van der Waals surface area contributed by atoms with Crippen LogP contribution in [0.1, 0.15) is 51.4 Å². The average Bonchev–Trinajstić information content (AvgIpc) is 3.66. The molecule has 14 heteroatoms. The van der Waals surface area contributed by atoms with Crippen LogP contribution in [0, 0.1) is 5.92 Å². The van der Waals surface area contributed by atoms with E-state index >= 15 is 0 Å². The highest BCUT2D eigenvalue weighted by atomic mass is 35.5. The van der Waals surface area contributed by atoms with Crippen molar-refractivity contribution in [3.8, 4) is 17.4 Å². The fourth-order valence-corrected chi connectivity index (χ4v) is 5.46. The molecule has 3 atom stereocenters. The Morgan fingerprint density at radius 1 is 1.24 bits per heavy atom. The number of hydrogen-bond acceptors (Lipinski definition) is 10. The largest absolute Gasteiger partial charge is 0.481 e. The topological polar surface area (TPSA) is 168 Å². The standard InChI is InChI=1S/C24H29ClN8O4S/c1-13(22-27-10-17(25)11-28-22)15(3)38(35,36)32-24-31-30-23(19-6-5-7-20(29-19)37-4)33(24)21(16-8-9-16)18(12-34)14(2)26/h5-7,10-13,15-16,21H,8-9,26H2,1-4H3,(H,31,32)/t13-,15-,21+/m0/s1. The molecule has 1 saturated carbocycles. The zero-order chi connectivity index (χ0) is 27.6. The molecule has 12 nitrogen and oxygen atoms in total. The molecule has 1 aliphatic carbocycles. The van der Waals surface area contributed by atoms with Gasteiger partial charge in [0.15, 0.2) is 5.82 Å². The molecular weight excluding hydrogens is 532 g/mol. The highest BCUT2D eigenvalue weighted by Crippen LogP contribution is 2.46. The van der Waals surface area contributed by atoms with Crippen molar-refractivity contribution in [1.82, 2.24) is 29.7 Å². The number of anilines is 1. The SMILES string of the molecule is COc1cccc(-c2nnc(NS(=O)(=O)[C@@H](C)[C@H](C)c3ncc(Cl)cn3)n2[C@@H](C(C=O)=C(C)N)C2CC2)n1. The van der Waals surface area contributed by atoms with Crippen molar-refractivity contribution in [3.63, 3.8) is 0 Å². The third-order valence-corrected chi connectivity index (χ3v) is 8.63. The van der Waals surface area contributed by atoms with Gasteiger partial charge in [0.1, 0.15) is 17.8 Å². The molecule has 0 aromatic carbocycles. The van der Waals surface area contributed by atoms with Crippen LogP contribution < -0.4 is 15.2 Å². The fraction of sp³-hybridized carbons (Fsp3) is 0.417. The summed E-state index contributed by atoms with van der Waals surface area (Å²) < 4.78 is 36.5. The van der Waals surface area contributed by atoms with E-state index in [-0.39, 0.29) is 17.7 Å². The number of nitrogens with zero attached hydrogens (tertiary/aromatic N) is 6. The summed E-state index contributed by atoms with van der Waals surface area (Å²) in [6.07, 6.45) is 5.18. The summed E-state index contributed by atoms with van der Waals surface area (Å²) in [7, 11) is -2.55. The van der Waals surface area contributed by atoms with Crippen LogP contribution in [0.25, 0.3) is 11.5 Å². The fourth-order valence-electron chi connectivity index (χ4n) is 4.12. The Hall–Kier alpha value is -3.58. The van der Waals surface area contributed by atoms with Crippen molar-refractivity contribution in [2.75, 3.05) is 11.8 Å². The molecule has 1 fully saturated rings. The van der Waals surface area contributed by atoms with Gasteiger partial charge in [-0.1, -0.05) is 24.6 Å². The van der Waals surface area contributed by atoms with Crippen LogP contribution >= 0.6 is 11.6 Å². The lowest BCUT2D eigenvalue weighted by molar-refractivity contribution is -0.105. The van der Waals surface area contributed by atoms with Crippen molar-refractivity contribution < 1.29 is 17.9 Å². The Balaban J connectivity index is 1.80. The Kier molecular flexibility index (Phi) is 7.97. The number of ether oxygens (including phenoxy) is 1. The summed E-state index contributed by atoms with van der Waals surface area (Å²) in [6, 6.07) is 4.51. The maximum atomic E-state index is 13.5. The first-order valence-electron chi connectivity index (χ1n) is 11.9. The van der Waals surface area contributed by atoms with E-state index in [2.05, 4.69) is 29.9 Å². The van der Waals surface area contributed by atoms with E-state index < -0.39 is 27.2 Å². The number of nitrogens with two attached hydrogens (primary N) is 1. The van der Waals surface area contributed by atoms with E-state index in [0.717, 1.165) is 12.8 Å². The number of sulfonamides is 1. The van der Waals surface area contributed by atoms with Crippen molar-refractivity contribution >= 4 is 33.9 Å². The molecule has 4 rings (SSSR count). The van der Waals surface area contributed by atoms with E-state index in [0.29, 0.717) is 40.0 Å². The monoisotopic (exact) mass is 560 g/mol. The highest BCUT2D eigenvalue weighted by Gasteiger charge is 2.40. The third-order valence-electron chi connectivity index (χ3n) is 6.58. The van der Waals surface area contributed by atoms with Crippen molar-refractivity contribution in [3.05, 3.63) is 52.7 Å². The molecule has 0 unspecified atom stereocenters. The Bertz CT molecular complexity index is 1450. The van der Waals surface area contributed by atoms with Gasteiger partial charge in [-0.2, -0.15) is 0 Å². The minimum atomic E-state index is -4.03. The minimum absolute atomic E-state index is 0.0381. The number of allylic oxidation sites excluding steroid dienone is 2. The molecule has 3 aromatic heterocycles. The van der Waals surface area contributed by atoms with Gasteiger partial charge in [0, 0.05) is 35.6 Å². The van der Waals surface area contributed by atoms with Gasteiger partial charge in [-0.05, 0) is 38.7 Å². The predicted octanol–water partition coefficient (Wildman–Crippen LogP) is 3.11. The number of carbonyl (C=O) groups is 1. The van der Waals surface area contributed by atoms with Crippen molar-refractivity contribution in [2.24, 2.45) is 11.7 Å². The molecule has 0 spiro atoms. The summed E-state index contributed by atoms with van der Waals surface area (Å²) in [5.41, 5.74) is 7.14. The number of hydrogen-bond donors (Lipinski definition) is 2. The molecule has 38 heavy (non-hydrogen) atoms. The zero-order valence-corrected chi connectivity index (χ0v) is 22.9. The maximum Gasteiger partial charge on any atom is 0.239 e. The number of pyridine rings is 1. The van der Waals surface area contributed by atoms with Crippen molar-refractivity contribution in [2.45, 2.75) is 50.8 Å². The zero-order valence-electron chi connectivity index (χ0n) is 21.4. The van der Waals surface area contributed by atoms with E-state index in [9.17, 15) is 13.2 Å². The van der Waals surface area contributed by atoms with E-state index in [1.807, 2.05) is 0 Å². The van der Waals surface area contributed by atoms with Crippen LogP contribution in [0.2, 0.25) is 5.02 Å². The molecular formula is C24H29ClN8O4S. The van der Waals surface area contributed by atoms with Gasteiger partial charge < -0.3 is 10.5 Å². The Morgan fingerprint density at radius 2 is 1.92 bits per heavy atom. The predicted molar refractivity (Wildman–Crippen MR) is 142 cm³/mol. The number of aromatic nitrogens is 6. The molecule has 0 bridgehead atoms. The molecule has 3 N–H and O–H groups in total. The Labute approximate surface area is 225 Å². The quantitative estimate of drug-likeness (QED) is 0.262. The van der Waals surface area contributed by atoms with Gasteiger partial charge in [0.25, 0.3) is 0 Å². The number of carbonyl (C=O) groups excluding carboxylic acids is 1. The summed E-state index contributed by atoms with van der Waals surface area (Å²) >= 11 is 5.88. The van der Waals surface area contributed by atoms with Gasteiger partial charge in [0.05, 0.1) is 23.4 Å². The van der Waals surface area contributed by atoms with Gasteiger partial charge in [-0.3, -0.25) is 14.1 Å². The molecule has 202 valence electrons. The summed E-state index contributed by atoms with van der Waals surface area (Å²) in [5.74, 6) is 0.344. The van der Waals surface area contributed by atoms with E-state index in [4.69, 9.17) is 22.1 Å². The van der Waals surface area contributed by atoms with Crippen LogP contribution in [-0.2, 0) is 14.8 Å². The van der Waals surface area contributed by atoms with Gasteiger partial charge in [-0.25, -0.2) is 23.4 Å². The highest BCUT2D eigenvalue weighted by molar-refractivity contribution is 7.93. The van der Waals surface area contributed by atoms with Crippen LogP contribution in [0.15, 0.2) is 41.9 Å². The number of nitrogens with one attached hydrogen (secondary N) is 1. The first kappa shape index (κ1) is 27.5. The van der Waals surface area contributed by atoms with Crippen LogP contribution in [0.5, 0.6) is 5.88 Å². The molecule has 3 aromatic rings. The van der Waals surface area contributed by atoms with Crippen LogP contribution in [-0.4, -0.2) is 56.8 Å². The van der Waals surface area contributed by atoms with Gasteiger partial charge in [-0.15, -0.1) is 10.2 Å². The van der Waals surface area contributed by atoms with E-state index in [1.54, 1.807) is 43.5 Å². The number of methoxy groups -OCH3 is 1. The molecule has 0 aliphatic heterocycles. The normalized spacial score (nSPS) is 16.8. The second kappa shape index (κ2) is 11.0. The first-order chi connectivity index (χ1) is 18.1. The Morgan fingerprint density at radius 3 is 2.50 bits per heavy atom. The lowest BCUT2D eigenvalue weighted by Gasteiger charge is -2.25. The minimum Gasteiger partial charge on any atom is -0.481 e. The van der Waals surface area contributed by atoms with E-state index in [1.165, 1.54) is 19.5 Å². The number of rotatable bonds is 11. The second-order valence-electron chi connectivity index (χ2n) is 9.22. The van der Waals surface area contributed by atoms with Gasteiger partial charge >= 0.3 is 0 Å². The maximum absolute atomic E-state index is 13.5. The second-order valence-corrected chi connectivity index (χ2v) is 11.7. The molecule has 3 heterocycles. The summed E-state index contributed by atoms with van der Waals surface area (Å²) in [4.78, 5) is 24.9. The van der Waals surface area contributed by atoms with Crippen LogP contribution in [0.4, 0.5) is 5.95 Å². The molecule has 0 amide bonds. The van der Waals surface area contributed by atoms with Crippen LogP contribution in [0.3, 0.4) is 0 Å². The summed E-state index contributed by atoms with van der Waals surface area (Å²) in [6.45, 7) is 4.89. The number of aldehydes is 1.